The van der Waals surface area contributed by atoms with Crippen LogP contribution in [0.3, 0.4) is 0 Å². The third-order valence-electron chi connectivity index (χ3n) is 5.91. The lowest BCUT2D eigenvalue weighted by atomic mass is 10.1. The molecule has 1 aliphatic heterocycles. The van der Waals surface area contributed by atoms with Gasteiger partial charge in [-0.15, -0.1) is 0 Å². The number of sulfonamides is 1. The summed E-state index contributed by atoms with van der Waals surface area (Å²) >= 11 is 0. The van der Waals surface area contributed by atoms with E-state index < -0.39 is 21.3 Å². The Morgan fingerprint density at radius 2 is 1.79 bits per heavy atom. The topological polar surface area (TPSA) is 139 Å². The molecule has 0 bridgehead atoms. The molecule has 0 atom stereocenters. The lowest BCUT2D eigenvalue weighted by Crippen LogP contribution is -2.39. The second kappa shape index (κ2) is 10.3. The second-order valence-electron chi connectivity index (χ2n) is 8.21. The van der Waals surface area contributed by atoms with Gasteiger partial charge in [-0.2, -0.15) is 4.31 Å². The average Bonchev–Trinajstić information content (AvgIpc) is 3.33. The van der Waals surface area contributed by atoms with Gasteiger partial charge in [0.1, 0.15) is 5.82 Å². The van der Waals surface area contributed by atoms with Gasteiger partial charge in [0.2, 0.25) is 15.9 Å². The molecule has 3 N–H and O–H groups in total. The van der Waals surface area contributed by atoms with Gasteiger partial charge in [0.25, 0.3) is 5.56 Å². The van der Waals surface area contributed by atoms with Gasteiger partial charge in [-0.3, -0.25) is 19.1 Å². The van der Waals surface area contributed by atoms with Gasteiger partial charge in [-0.1, -0.05) is 25.5 Å². The Kier molecular flexibility index (Phi) is 7.75. The third-order valence-corrected chi connectivity index (χ3v) is 7.83. The molecular formula is C22H31N5O5S. The Morgan fingerprint density at radius 3 is 2.39 bits per heavy atom. The summed E-state index contributed by atoms with van der Waals surface area (Å²) in [4.78, 5) is 40.8. The molecule has 1 aromatic heterocycles. The van der Waals surface area contributed by atoms with Crippen molar-refractivity contribution < 1.29 is 13.2 Å². The molecule has 1 amide bonds. The quantitative estimate of drug-likeness (QED) is 0.558. The van der Waals surface area contributed by atoms with E-state index in [1.54, 1.807) is 24.3 Å². The first-order chi connectivity index (χ1) is 15.7. The number of aryl methyl sites for hydroxylation is 1. The maximum absolute atomic E-state index is 12.8. The molecule has 1 fully saturated rings. The van der Waals surface area contributed by atoms with Crippen LogP contribution >= 0.6 is 0 Å². The van der Waals surface area contributed by atoms with Gasteiger partial charge in [0, 0.05) is 33.1 Å². The van der Waals surface area contributed by atoms with Crippen molar-refractivity contribution in [1.82, 2.24) is 13.9 Å². The number of rotatable bonds is 9. The number of unbranched alkanes of at least 4 members (excludes halogenated alkanes) is 1. The molecule has 3 rings (SSSR count). The second-order valence-corrected chi connectivity index (χ2v) is 10.1. The van der Waals surface area contributed by atoms with Crippen LogP contribution in [-0.4, -0.2) is 48.3 Å². The first-order valence-electron chi connectivity index (χ1n) is 11.1. The number of nitrogens with zero attached hydrogens (tertiary/aromatic N) is 3. The summed E-state index contributed by atoms with van der Waals surface area (Å²) in [7, 11) is -2.03. The molecule has 1 aliphatic rings. The van der Waals surface area contributed by atoms with E-state index in [0.717, 1.165) is 24.8 Å². The summed E-state index contributed by atoms with van der Waals surface area (Å²) in [6.45, 7) is 3.40. The molecule has 1 aromatic carbocycles. The average molecular weight is 478 g/mol. The van der Waals surface area contributed by atoms with E-state index in [2.05, 4.69) is 4.98 Å². The van der Waals surface area contributed by atoms with Crippen molar-refractivity contribution in [2.45, 2.75) is 56.9 Å². The van der Waals surface area contributed by atoms with Crippen LogP contribution in [0.2, 0.25) is 0 Å². The predicted molar refractivity (Wildman–Crippen MR) is 127 cm³/mol. The van der Waals surface area contributed by atoms with Crippen molar-refractivity contribution in [3.8, 4) is 0 Å². The fourth-order valence-corrected chi connectivity index (χ4v) is 5.41. The number of amides is 1. The highest BCUT2D eigenvalue weighted by molar-refractivity contribution is 7.89. The van der Waals surface area contributed by atoms with Crippen LogP contribution in [-0.2, 0) is 27.8 Å². The summed E-state index contributed by atoms with van der Waals surface area (Å²) < 4.78 is 28.0. The lowest BCUT2D eigenvalue weighted by molar-refractivity contribution is -0.118. The van der Waals surface area contributed by atoms with Gasteiger partial charge < -0.3 is 10.6 Å². The van der Waals surface area contributed by atoms with Crippen LogP contribution in [0.15, 0.2) is 38.8 Å². The third kappa shape index (κ3) is 5.36. The Labute approximate surface area is 193 Å². The molecule has 0 saturated carbocycles. The smallest absolute Gasteiger partial charge is 0.330 e. The van der Waals surface area contributed by atoms with Crippen molar-refractivity contribution in [3.63, 3.8) is 0 Å². The molecular weight excluding hydrogens is 446 g/mol. The van der Waals surface area contributed by atoms with Gasteiger partial charge in [-0.05, 0) is 43.4 Å². The van der Waals surface area contributed by atoms with Gasteiger partial charge >= 0.3 is 5.69 Å². The summed E-state index contributed by atoms with van der Waals surface area (Å²) in [5, 5.41) is 0. The van der Waals surface area contributed by atoms with E-state index in [1.807, 2.05) is 6.92 Å². The van der Waals surface area contributed by atoms with Crippen LogP contribution in [0.5, 0.6) is 0 Å². The zero-order valence-electron chi connectivity index (χ0n) is 19.0. The number of anilines is 2. The molecule has 180 valence electrons. The Morgan fingerprint density at radius 1 is 1.15 bits per heavy atom. The van der Waals surface area contributed by atoms with Gasteiger partial charge in [-0.25, -0.2) is 13.2 Å². The number of aromatic amines is 1. The first kappa shape index (κ1) is 24.7. The van der Waals surface area contributed by atoms with Crippen molar-refractivity contribution in [3.05, 3.63) is 50.7 Å². The van der Waals surface area contributed by atoms with Gasteiger partial charge in [0.05, 0.1) is 4.90 Å². The standard InChI is InChI=1S/C22H31N5O5S/c1-3-4-15-27-20(23)19(21(29)24-22(27)30)25(2)18(28)12-9-16-7-10-17(11-8-16)33(31,32)26-13-5-6-14-26/h7-8,10-11H,3-6,9,12-15,23H2,1-2H3,(H,24,29,30). The maximum Gasteiger partial charge on any atom is 0.330 e. The number of carbonyl (C=O) groups excluding carboxylic acids is 1. The number of aromatic nitrogens is 2. The summed E-state index contributed by atoms with van der Waals surface area (Å²) in [5.41, 5.74) is 5.51. The molecule has 0 radical (unpaired) electrons. The number of nitrogen functional groups attached to an aromatic ring is 1. The molecule has 10 nitrogen and oxygen atoms in total. The number of carbonyl (C=O) groups is 1. The lowest BCUT2D eigenvalue weighted by Gasteiger charge is -2.20. The minimum Gasteiger partial charge on any atom is -0.383 e. The van der Waals surface area contributed by atoms with Crippen molar-refractivity contribution >= 4 is 27.4 Å². The SMILES string of the molecule is CCCCn1c(N)c(N(C)C(=O)CCc2ccc(S(=O)(=O)N3CCCC3)cc2)c(=O)[nH]c1=O. The van der Waals surface area contributed by atoms with E-state index in [9.17, 15) is 22.8 Å². The molecule has 2 heterocycles. The zero-order valence-corrected chi connectivity index (χ0v) is 19.9. The van der Waals surface area contributed by atoms with E-state index >= 15 is 0 Å². The molecule has 1 saturated heterocycles. The molecule has 0 unspecified atom stereocenters. The van der Waals surface area contributed by atoms with Crippen molar-refractivity contribution in [2.24, 2.45) is 0 Å². The molecule has 0 spiro atoms. The predicted octanol–water partition coefficient (Wildman–Crippen LogP) is 1.30. The first-order valence-corrected chi connectivity index (χ1v) is 12.6. The minimum atomic E-state index is -3.48. The monoisotopic (exact) mass is 477 g/mol. The fraction of sp³-hybridized carbons (Fsp3) is 0.500. The van der Waals surface area contributed by atoms with Crippen molar-refractivity contribution in [2.75, 3.05) is 30.8 Å². The van der Waals surface area contributed by atoms with E-state index in [4.69, 9.17) is 5.73 Å². The highest BCUT2D eigenvalue weighted by atomic mass is 32.2. The van der Waals surface area contributed by atoms with Crippen LogP contribution < -0.4 is 21.9 Å². The van der Waals surface area contributed by atoms with Crippen LogP contribution in [0.25, 0.3) is 0 Å². The van der Waals surface area contributed by atoms with Crippen LogP contribution in [0, 0.1) is 0 Å². The molecule has 0 aliphatic carbocycles. The largest absolute Gasteiger partial charge is 0.383 e. The fourth-order valence-electron chi connectivity index (χ4n) is 3.89. The Bertz CT molecular complexity index is 1210. The summed E-state index contributed by atoms with van der Waals surface area (Å²) in [6, 6.07) is 6.51. The summed E-state index contributed by atoms with van der Waals surface area (Å²) in [5.74, 6) is -0.383. The molecule has 2 aromatic rings. The number of H-pyrrole nitrogens is 1. The Balaban J connectivity index is 1.70. The Hall–Kier alpha value is -2.92. The van der Waals surface area contributed by atoms with E-state index in [-0.39, 0.29) is 28.7 Å². The van der Waals surface area contributed by atoms with E-state index in [1.165, 1.54) is 20.8 Å². The number of nitrogens with two attached hydrogens (primary N) is 1. The molecule has 33 heavy (non-hydrogen) atoms. The normalized spacial score (nSPS) is 14.5. The maximum atomic E-state index is 12.8. The number of benzene rings is 1. The van der Waals surface area contributed by atoms with Gasteiger partial charge in [0.15, 0.2) is 5.69 Å². The molecule has 11 heteroatoms. The van der Waals surface area contributed by atoms with Crippen LogP contribution in [0.1, 0.15) is 44.6 Å². The highest BCUT2D eigenvalue weighted by Crippen LogP contribution is 2.22. The number of hydrogen-bond donors (Lipinski definition) is 2. The number of nitrogens with one attached hydrogen (secondary N) is 1. The highest BCUT2D eigenvalue weighted by Gasteiger charge is 2.27. The van der Waals surface area contributed by atoms with Crippen LogP contribution in [0.4, 0.5) is 11.5 Å². The van der Waals surface area contributed by atoms with E-state index in [0.29, 0.717) is 32.5 Å². The zero-order chi connectivity index (χ0) is 24.2. The summed E-state index contributed by atoms with van der Waals surface area (Å²) in [6.07, 6.45) is 3.74. The number of hydrogen-bond acceptors (Lipinski definition) is 6. The minimum absolute atomic E-state index is 0.0375. The van der Waals surface area contributed by atoms with Crippen molar-refractivity contribution in [1.29, 1.82) is 0 Å².